The molecule has 15 nitrogen and oxygen atoms in total. The number of rotatable bonds is 25. The van der Waals surface area contributed by atoms with Crippen LogP contribution in [0.5, 0.6) is 0 Å². The molecule has 59 heavy (non-hydrogen) atoms. The van der Waals surface area contributed by atoms with Gasteiger partial charge in [0.2, 0.25) is 23.6 Å². The summed E-state index contributed by atoms with van der Waals surface area (Å²) in [6.07, 6.45) is 1.23. The molecule has 1 heterocycles. The fourth-order valence-electron chi connectivity index (χ4n) is 8.40. The third-order valence-corrected chi connectivity index (χ3v) is 11.9. The lowest BCUT2D eigenvalue weighted by Crippen LogP contribution is -2.60. The van der Waals surface area contributed by atoms with Gasteiger partial charge in [-0.3, -0.25) is 28.9 Å². The maximum absolute atomic E-state index is 14.4. The van der Waals surface area contributed by atoms with Crippen LogP contribution in [0.25, 0.3) is 0 Å². The van der Waals surface area contributed by atoms with Gasteiger partial charge < -0.3 is 39.8 Å². The molecule has 1 aromatic carbocycles. The number of likely N-dealkylation sites (N-methyl/N-ethyl adjacent to an activating group) is 2. The van der Waals surface area contributed by atoms with Crippen LogP contribution in [-0.4, -0.2) is 146 Å². The van der Waals surface area contributed by atoms with Crippen molar-refractivity contribution < 1.29 is 48.1 Å². The summed E-state index contributed by atoms with van der Waals surface area (Å²) in [6, 6.07) is 6.02. The Kier molecular flexibility index (Phi) is 21.5. The number of esters is 1. The van der Waals surface area contributed by atoms with Crippen molar-refractivity contribution in [3.05, 3.63) is 35.9 Å². The minimum atomic E-state index is -0.909. The molecule has 3 N–H and O–H groups in total. The second kappa shape index (κ2) is 24.9. The second-order valence-electron chi connectivity index (χ2n) is 16.8. The van der Waals surface area contributed by atoms with E-state index in [9.17, 15) is 28.8 Å². The van der Waals surface area contributed by atoms with Crippen LogP contribution >= 0.6 is 0 Å². The average Bonchev–Trinajstić information content (AvgIpc) is 3.68. The molecular formula is C44H73N5O10. The average molecular weight is 832 g/mol. The molecule has 0 aliphatic carbocycles. The van der Waals surface area contributed by atoms with Gasteiger partial charge in [0.15, 0.2) is 0 Å². The van der Waals surface area contributed by atoms with Gasteiger partial charge in [-0.05, 0) is 56.2 Å². The zero-order chi connectivity index (χ0) is 44.6. The van der Waals surface area contributed by atoms with Crippen LogP contribution < -0.4 is 10.6 Å². The summed E-state index contributed by atoms with van der Waals surface area (Å²) >= 11 is 0. The van der Waals surface area contributed by atoms with E-state index in [0.29, 0.717) is 38.8 Å². The van der Waals surface area contributed by atoms with Gasteiger partial charge in [-0.25, -0.2) is 4.79 Å². The summed E-state index contributed by atoms with van der Waals surface area (Å²) in [5, 5.41) is 15.0. The molecular weight excluding hydrogens is 759 g/mol. The van der Waals surface area contributed by atoms with E-state index in [4.69, 9.17) is 19.3 Å². The Labute approximate surface area is 352 Å². The van der Waals surface area contributed by atoms with E-state index < -0.39 is 66.2 Å². The number of methoxy groups -OCH3 is 3. The minimum absolute atomic E-state index is 0.00899. The van der Waals surface area contributed by atoms with Gasteiger partial charge in [-0.1, -0.05) is 85.2 Å². The predicted octanol–water partition coefficient (Wildman–Crippen LogP) is 3.77. The molecule has 9 atom stereocenters. The summed E-state index contributed by atoms with van der Waals surface area (Å²) in [6.45, 7) is 14.2. The monoisotopic (exact) mass is 832 g/mol. The van der Waals surface area contributed by atoms with Gasteiger partial charge in [0.1, 0.15) is 12.1 Å². The number of carbonyl (C=O) groups excluding carboxylic acids is 5. The lowest BCUT2D eigenvalue weighted by molar-refractivity contribution is -0.149. The first-order chi connectivity index (χ1) is 27.8. The van der Waals surface area contributed by atoms with Gasteiger partial charge in [-0.15, -0.1) is 0 Å². The topological polar surface area (TPSA) is 184 Å². The van der Waals surface area contributed by atoms with Gasteiger partial charge in [0.05, 0.1) is 49.8 Å². The van der Waals surface area contributed by atoms with E-state index in [1.165, 1.54) is 21.3 Å². The standard InChI is InChI=1S/C44H73N5O10/c1-13-29(6)39(48(9)43(55)37(27(2)3)46-42(54)38(28(4)5)47(8)23-18-22-36(51)52)34(57-10)26-35(50)49-24-17-21-33(49)40(58-11)30(7)41(53)45-32(44(56)59-12)25-31-19-15-14-16-20-31/h14-16,19-20,27-30,32-34,37-40H,13,17-18,21-26H2,1-12H3,(H,45,53)(H,46,54)(H,51,52)/t29-,30+,32-,33-,34+,37-,38-,39?,40+/m0/s1. The fraction of sp³-hybridized carbons (Fsp3) is 0.727. The Balaban J connectivity index is 2.28. The number of carboxylic acid groups (broad SMARTS) is 1. The number of benzene rings is 1. The Bertz CT molecular complexity index is 1510. The molecule has 0 bridgehead atoms. The highest BCUT2D eigenvalue weighted by molar-refractivity contribution is 5.90. The van der Waals surface area contributed by atoms with E-state index in [0.717, 1.165) is 5.56 Å². The van der Waals surface area contributed by atoms with Crippen molar-refractivity contribution in [2.75, 3.05) is 48.5 Å². The highest BCUT2D eigenvalue weighted by atomic mass is 16.5. The number of ether oxygens (including phenoxy) is 3. The molecule has 0 aromatic heterocycles. The Morgan fingerprint density at radius 2 is 1.54 bits per heavy atom. The Morgan fingerprint density at radius 3 is 2.07 bits per heavy atom. The number of hydrogen-bond acceptors (Lipinski definition) is 10. The minimum Gasteiger partial charge on any atom is -0.481 e. The first kappa shape index (κ1) is 51.1. The van der Waals surface area contributed by atoms with E-state index in [2.05, 4.69) is 10.6 Å². The lowest BCUT2D eigenvalue weighted by Gasteiger charge is -2.41. The summed E-state index contributed by atoms with van der Waals surface area (Å²) in [7, 11) is 7.79. The van der Waals surface area contributed by atoms with Crippen LogP contribution in [0, 0.1) is 23.7 Å². The van der Waals surface area contributed by atoms with Crippen LogP contribution in [0.3, 0.4) is 0 Å². The van der Waals surface area contributed by atoms with Crippen LogP contribution in [0.1, 0.15) is 92.6 Å². The Hall–Kier alpha value is -4.08. The van der Waals surface area contributed by atoms with Crippen LogP contribution in [0.4, 0.5) is 0 Å². The van der Waals surface area contributed by atoms with Crippen molar-refractivity contribution in [1.82, 2.24) is 25.3 Å². The van der Waals surface area contributed by atoms with Crippen molar-refractivity contribution >= 4 is 35.6 Å². The molecule has 2 rings (SSSR count). The van der Waals surface area contributed by atoms with E-state index in [1.54, 1.807) is 30.8 Å². The van der Waals surface area contributed by atoms with E-state index >= 15 is 0 Å². The number of aliphatic carboxylic acids is 1. The molecule has 0 spiro atoms. The first-order valence-corrected chi connectivity index (χ1v) is 21.1. The summed E-state index contributed by atoms with van der Waals surface area (Å²) in [5.74, 6) is -3.86. The fourth-order valence-corrected chi connectivity index (χ4v) is 8.40. The van der Waals surface area contributed by atoms with Crippen molar-refractivity contribution in [2.24, 2.45) is 23.7 Å². The normalized spacial score (nSPS) is 18.4. The highest BCUT2D eigenvalue weighted by Gasteiger charge is 2.43. The molecule has 0 radical (unpaired) electrons. The number of amides is 4. The number of carboxylic acids is 1. The number of nitrogens with one attached hydrogen (secondary N) is 2. The number of nitrogens with zero attached hydrogens (tertiary/aromatic N) is 3. The second-order valence-corrected chi connectivity index (χ2v) is 16.8. The number of likely N-dealkylation sites (tertiary alicyclic amines) is 1. The Morgan fingerprint density at radius 1 is 0.898 bits per heavy atom. The first-order valence-electron chi connectivity index (χ1n) is 21.1. The molecule has 1 unspecified atom stereocenters. The molecule has 0 saturated carbocycles. The highest BCUT2D eigenvalue weighted by Crippen LogP contribution is 2.30. The molecule has 15 heteroatoms. The smallest absolute Gasteiger partial charge is 0.328 e. The molecule has 1 aliphatic heterocycles. The van der Waals surface area contributed by atoms with Crippen molar-refractivity contribution in [3.8, 4) is 0 Å². The molecule has 4 amide bonds. The van der Waals surface area contributed by atoms with E-state index in [-0.39, 0.29) is 54.7 Å². The summed E-state index contributed by atoms with van der Waals surface area (Å²) < 4.78 is 17.0. The van der Waals surface area contributed by atoms with Gasteiger partial charge in [-0.2, -0.15) is 0 Å². The molecule has 1 saturated heterocycles. The van der Waals surface area contributed by atoms with Crippen LogP contribution in [-0.2, 0) is 49.4 Å². The van der Waals surface area contributed by atoms with Crippen molar-refractivity contribution in [2.45, 2.75) is 136 Å². The SMILES string of the molecule is CC[C@H](C)C([C@@H](CC(=O)N1CCC[C@H]1[C@H](OC)[C@@H](C)C(=O)N[C@@H](Cc1ccccc1)C(=O)OC)OC)N(C)C(=O)[C@@H](NC(=O)[C@H](C(C)C)N(C)CCCC(=O)O)C(C)C. The molecule has 1 aromatic rings. The maximum atomic E-state index is 14.4. The van der Waals surface area contributed by atoms with Gasteiger partial charge in [0, 0.05) is 40.7 Å². The maximum Gasteiger partial charge on any atom is 0.328 e. The number of hydrogen-bond donors (Lipinski definition) is 3. The van der Waals surface area contributed by atoms with Gasteiger partial charge in [0.25, 0.3) is 0 Å². The zero-order valence-corrected chi connectivity index (χ0v) is 37.6. The lowest BCUT2D eigenvalue weighted by atomic mass is 9.89. The predicted molar refractivity (Wildman–Crippen MR) is 225 cm³/mol. The van der Waals surface area contributed by atoms with Crippen LogP contribution in [0.2, 0.25) is 0 Å². The summed E-state index contributed by atoms with van der Waals surface area (Å²) in [5.41, 5.74) is 0.862. The third kappa shape index (κ3) is 14.6. The van der Waals surface area contributed by atoms with Gasteiger partial charge >= 0.3 is 11.9 Å². The molecule has 1 fully saturated rings. The molecule has 1 aliphatic rings. The van der Waals surface area contributed by atoms with Crippen LogP contribution in [0.15, 0.2) is 30.3 Å². The third-order valence-electron chi connectivity index (χ3n) is 11.9. The van der Waals surface area contributed by atoms with Crippen molar-refractivity contribution in [3.63, 3.8) is 0 Å². The van der Waals surface area contributed by atoms with Crippen molar-refractivity contribution in [1.29, 1.82) is 0 Å². The quantitative estimate of drug-likeness (QED) is 0.122. The molecule has 334 valence electrons. The summed E-state index contributed by atoms with van der Waals surface area (Å²) in [4.78, 5) is 85.2. The largest absolute Gasteiger partial charge is 0.481 e. The number of carbonyl (C=O) groups is 6. The van der Waals surface area contributed by atoms with E-state index in [1.807, 2.05) is 76.8 Å². The zero-order valence-electron chi connectivity index (χ0n) is 37.6.